The third kappa shape index (κ3) is 5.40. The zero-order chi connectivity index (χ0) is 14.3. The average molecular weight is 268 g/mol. The highest BCUT2D eigenvalue weighted by molar-refractivity contribution is 5.48. The predicted molar refractivity (Wildman–Crippen MR) is 76.3 cm³/mol. The fourth-order valence-electron chi connectivity index (χ4n) is 1.48. The van der Waals surface area contributed by atoms with Crippen LogP contribution in [0.4, 0.5) is 11.6 Å². The Balaban J connectivity index is 2.91. The van der Waals surface area contributed by atoms with Gasteiger partial charge in [-0.1, -0.05) is 0 Å². The Hall–Kier alpha value is -1.40. The zero-order valence-corrected chi connectivity index (χ0v) is 12.2. The van der Waals surface area contributed by atoms with Gasteiger partial charge >= 0.3 is 0 Å². The van der Waals surface area contributed by atoms with E-state index in [0.717, 1.165) is 12.4 Å². The van der Waals surface area contributed by atoms with Crippen LogP contribution in [0.3, 0.4) is 0 Å². The molecule has 0 aromatic carbocycles. The molecule has 0 radical (unpaired) electrons. The minimum Gasteiger partial charge on any atom is -0.394 e. The first kappa shape index (κ1) is 15.7. The Morgan fingerprint density at radius 2 is 1.95 bits per heavy atom. The van der Waals surface area contributed by atoms with E-state index in [0.29, 0.717) is 24.9 Å². The number of ether oxygens (including phenoxy) is 1. The summed E-state index contributed by atoms with van der Waals surface area (Å²) < 4.78 is 5.33. The lowest BCUT2D eigenvalue weighted by atomic mass is 10.1. The lowest BCUT2D eigenvalue weighted by molar-refractivity contribution is 0.128. The number of nitrogens with zero attached hydrogens (tertiary/aromatic N) is 2. The van der Waals surface area contributed by atoms with E-state index in [1.165, 1.54) is 0 Å². The van der Waals surface area contributed by atoms with Crippen LogP contribution in [0.25, 0.3) is 0 Å². The van der Waals surface area contributed by atoms with Gasteiger partial charge in [0.1, 0.15) is 18.2 Å². The molecule has 1 aromatic rings. The zero-order valence-electron chi connectivity index (χ0n) is 12.2. The van der Waals surface area contributed by atoms with Crippen molar-refractivity contribution in [3.8, 4) is 0 Å². The number of rotatable bonds is 8. The Kier molecular flexibility index (Phi) is 5.98. The molecule has 19 heavy (non-hydrogen) atoms. The van der Waals surface area contributed by atoms with Crippen molar-refractivity contribution in [1.29, 1.82) is 0 Å². The normalized spacial score (nSPS) is 11.4. The van der Waals surface area contributed by atoms with Gasteiger partial charge in [-0.15, -0.1) is 0 Å². The molecule has 0 spiro atoms. The average Bonchev–Trinajstić information content (AvgIpc) is 2.36. The van der Waals surface area contributed by atoms with Crippen LogP contribution < -0.4 is 10.6 Å². The van der Waals surface area contributed by atoms with Crippen molar-refractivity contribution >= 4 is 11.6 Å². The Bertz CT molecular complexity index is 396. The fraction of sp³-hybridized carbons (Fsp3) is 0.692. The third-order valence-corrected chi connectivity index (χ3v) is 2.43. The van der Waals surface area contributed by atoms with Crippen LogP contribution in [0.2, 0.25) is 0 Å². The van der Waals surface area contributed by atoms with Crippen LogP contribution in [0.5, 0.6) is 0 Å². The van der Waals surface area contributed by atoms with Crippen LogP contribution in [-0.2, 0) is 11.3 Å². The van der Waals surface area contributed by atoms with Gasteiger partial charge in [0.25, 0.3) is 0 Å². The van der Waals surface area contributed by atoms with Crippen molar-refractivity contribution in [3.63, 3.8) is 0 Å². The smallest absolute Gasteiger partial charge is 0.158 e. The van der Waals surface area contributed by atoms with Gasteiger partial charge in [0, 0.05) is 19.2 Å². The summed E-state index contributed by atoms with van der Waals surface area (Å²) in [5, 5.41) is 15.6. The van der Waals surface area contributed by atoms with Crippen LogP contribution >= 0.6 is 0 Å². The van der Waals surface area contributed by atoms with E-state index in [-0.39, 0.29) is 6.61 Å². The Labute approximate surface area is 114 Å². The molecular weight excluding hydrogens is 244 g/mol. The molecule has 3 N–H and O–H groups in total. The molecule has 108 valence electrons. The summed E-state index contributed by atoms with van der Waals surface area (Å²) in [5.74, 6) is 2.06. The monoisotopic (exact) mass is 268 g/mol. The second-order valence-electron chi connectivity index (χ2n) is 4.89. The lowest BCUT2D eigenvalue weighted by Crippen LogP contribution is -2.35. The molecule has 1 heterocycles. The Morgan fingerprint density at radius 1 is 1.26 bits per heavy atom. The molecular formula is C13H24N4O2. The van der Waals surface area contributed by atoms with Crippen molar-refractivity contribution in [3.05, 3.63) is 11.9 Å². The number of nitrogens with one attached hydrogen (secondary N) is 2. The Morgan fingerprint density at radius 3 is 2.53 bits per heavy atom. The minimum absolute atomic E-state index is 0.0222. The van der Waals surface area contributed by atoms with Crippen molar-refractivity contribution < 1.29 is 9.84 Å². The second kappa shape index (κ2) is 7.25. The van der Waals surface area contributed by atoms with Gasteiger partial charge < -0.3 is 20.5 Å². The first-order valence-corrected chi connectivity index (χ1v) is 6.59. The molecule has 0 aliphatic carbocycles. The summed E-state index contributed by atoms with van der Waals surface area (Å²) in [6, 6.07) is 1.83. The summed E-state index contributed by atoms with van der Waals surface area (Å²) >= 11 is 0. The summed E-state index contributed by atoms with van der Waals surface area (Å²) in [4.78, 5) is 8.75. The maximum atomic E-state index is 9.29. The molecule has 0 saturated carbocycles. The van der Waals surface area contributed by atoms with Gasteiger partial charge in [-0.2, -0.15) is 0 Å². The van der Waals surface area contributed by atoms with E-state index >= 15 is 0 Å². The number of aliphatic hydroxyl groups excluding tert-OH is 1. The maximum Gasteiger partial charge on any atom is 0.158 e. The molecule has 0 fully saturated rings. The number of anilines is 2. The second-order valence-corrected chi connectivity index (χ2v) is 4.89. The molecule has 1 aromatic heterocycles. The molecule has 0 bridgehead atoms. The molecule has 0 unspecified atom stereocenters. The molecule has 0 atom stereocenters. The van der Waals surface area contributed by atoms with Gasteiger partial charge in [-0.25, -0.2) is 9.97 Å². The van der Waals surface area contributed by atoms with Crippen molar-refractivity contribution in [2.45, 2.75) is 39.8 Å². The molecule has 6 nitrogen and oxygen atoms in total. The summed E-state index contributed by atoms with van der Waals surface area (Å²) in [6.45, 7) is 9.57. The van der Waals surface area contributed by atoms with E-state index in [1.54, 1.807) is 0 Å². The van der Waals surface area contributed by atoms with E-state index < -0.39 is 5.54 Å². The molecule has 1 rings (SSSR count). The maximum absolute atomic E-state index is 9.29. The summed E-state index contributed by atoms with van der Waals surface area (Å²) in [5.41, 5.74) is -0.430. The highest BCUT2D eigenvalue weighted by Crippen LogP contribution is 2.16. The fourth-order valence-corrected chi connectivity index (χ4v) is 1.48. The molecule has 0 aliphatic heterocycles. The highest BCUT2D eigenvalue weighted by atomic mass is 16.5. The number of aromatic nitrogens is 2. The first-order valence-electron chi connectivity index (χ1n) is 6.59. The third-order valence-electron chi connectivity index (χ3n) is 2.43. The standard InChI is InChI=1S/C13H24N4O2/c1-5-14-10-7-11(17-13(3,4)9-18)16-12(15-10)8-19-6-2/h7,18H,5-6,8-9H2,1-4H3,(H2,14,15,16,17). The van der Waals surface area contributed by atoms with E-state index in [1.807, 2.05) is 33.8 Å². The first-order chi connectivity index (χ1) is 9.00. The van der Waals surface area contributed by atoms with Gasteiger partial charge in [-0.3, -0.25) is 0 Å². The van der Waals surface area contributed by atoms with Gasteiger partial charge in [-0.05, 0) is 27.7 Å². The van der Waals surface area contributed by atoms with Gasteiger partial charge in [0.15, 0.2) is 5.82 Å². The van der Waals surface area contributed by atoms with Crippen LogP contribution in [0.15, 0.2) is 6.07 Å². The summed E-state index contributed by atoms with van der Waals surface area (Å²) in [6.07, 6.45) is 0. The van der Waals surface area contributed by atoms with Gasteiger partial charge in [0.05, 0.1) is 12.1 Å². The highest BCUT2D eigenvalue weighted by Gasteiger charge is 2.17. The molecule has 6 heteroatoms. The van der Waals surface area contributed by atoms with Crippen LogP contribution in [0, 0.1) is 0 Å². The van der Waals surface area contributed by atoms with Crippen LogP contribution in [-0.4, -0.2) is 40.4 Å². The topological polar surface area (TPSA) is 79.3 Å². The van der Waals surface area contributed by atoms with E-state index in [2.05, 4.69) is 20.6 Å². The molecule has 0 saturated heterocycles. The number of hydrogen-bond donors (Lipinski definition) is 3. The van der Waals surface area contributed by atoms with E-state index in [9.17, 15) is 5.11 Å². The quantitative estimate of drug-likeness (QED) is 0.665. The molecule has 0 amide bonds. The predicted octanol–water partition coefficient (Wildman–Crippen LogP) is 1.63. The van der Waals surface area contributed by atoms with Gasteiger partial charge in [0.2, 0.25) is 0 Å². The minimum atomic E-state index is -0.430. The van der Waals surface area contributed by atoms with Crippen molar-refractivity contribution in [2.75, 3.05) is 30.4 Å². The number of hydrogen-bond acceptors (Lipinski definition) is 6. The van der Waals surface area contributed by atoms with Crippen molar-refractivity contribution in [1.82, 2.24) is 9.97 Å². The van der Waals surface area contributed by atoms with Crippen molar-refractivity contribution in [2.24, 2.45) is 0 Å². The number of aliphatic hydroxyl groups is 1. The SMILES string of the molecule is CCNc1cc(NC(C)(C)CO)nc(COCC)n1. The van der Waals surface area contributed by atoms with E-state index in [4.69, 9.17) is 4.74 Å². The van der Waals surface area contributed by atoms with Crippen LogP contribution in [0.1, 0.15) is 33.5 Å². The molecule has 0 aliphatic rings. The lowest BCUT2D eigenvalue weighted by Gasteiger charge is -2.24. The largest absolute Gasteiger partial charge is 0.394 e. The summed E-state index contributed by atoms with van der Waals surface area (Å²) in [7, 11) is 0.